The van der Waals surface area contributed by atoms with E-state index >= 15 is 0 Å². The Labute approximate surface area is 153 Å². The van der Waals surface area contributed by atoms with Crippen molar-refractivity contribution < 1.29 is 19.4 Å². The van der Waals surface area contributed by atoms with Crippen molar-refractivity contribution >= 4 is 17.7 Å². The van der Waals surface area contributed by atoms with Gasteiger partial charge in [-0.3, -0.25) is 14.7 Å². The van der Waals surface area contributed by atoms with Crippen LogP contribution in [0.5, 0.6) is 0 Å². The van der Waals surface area contributed by atoms with Crippen molar-refractivity contribution in [3.8, 4) is 0 Å². The van der Waals surface area contributed by atoms with Crippen LogP contribution in [-0.4, -0.2) is 34.3 Å². The third-order valence-electron chi connectivity index (χ3n) is 5.86. The van der Waals surface area contributed by atoms with Crippen LogP contribution < -0.4 is 4.90 Å². The van der Waals surface area contributed by atoms with Crippen LogP contribution in [0.15, 0.2) is 12.1 Å². The topological polar surface area (TPSA) is 79.7 Å². The lowest BCUT2D eigenvalue weighted by Crippen LogP contribution is -2.50. The lowest BCUT2D eigenvalue weighted by Gasteiger charge is -2.45. The maximum atomic E-state index is 12.5. The van der Waals surface area contributed by atoms with E-state index < -0.39 is 17.0 Å². The van der Waals surface area contributed by atoms with Crippen molar-refractivity contribution in [2.24, 2.45) is 5.41 Å². The van der Waals surface area contributed by atoms with E-state index in [1.807, 2.05) is 26.8 Å². The molecule has 26 heavy (non-hydrogen) atoms. The average molecular weight is 358 g/mol. The number of aromatic nitrogens is 1. The van der Waals surface area contributed by atoms with Crippen LogP contribution in [0.1, 0.15) is 64.3 Å². The first-order valence-electron chi connectivity index (χ1n) is 9.39. The quantitative estimate of drug-likeness (QED) is 0.872. The second-order valence-electron chi connectivity index (χ2n) is 9.14. The average Bonchev–Trinajstić information content (AvgIpc) is 3.30. The molecule has 3 aliphatic rings. The predicted octanol–water partition coefficient (Wildman–Crippen LogP) is 3.67. The highest BCUT2D eigenvalue weighted by Gasteiger charge is 2.65. The molecule has 0 aromatic carbocycles. The Morgan fingerprint density at radius 1 is 1.23 bits per heavy atom. The summed E-state index contributed by atoms with van der Waals surface area (Å²) in [6, 6.07) is 3.65. The van der Waals surface area contributed by atoms with Gasteiger partial charge in [-0.2, -0.15) is 0 Å². The van der Waals surface area contributed by atoms with E-state index in [9.17, 15) is 14.7 Å². The van der Waals surface area contributed by atoms with Crippen molar-refractivity contribution in [2.75, 3.05) is 11.4 Å². The van der Waals surface area contributed by atoms with E-state index in [-0.39, 0.29) is 11.5 Å². The second kappa shape index (κ2) is 5.44. The number of carboxylic acid groups (broad SMARTS) is 1. The first kappa shape index (κ1) is 17.3. The molecule has 1 aromatic rings. The molecule has 6 heteroatoms. The zero-order chi connectivity index (χ0) is 18.7. The molecule has 2 fully saturated rings. The van der Waals surface area contributed by atoms with Gasteiger partial charge in [0.15, 0.2) is 0 Å². The maximum absolute atomic E-state index is 12.5. The number of aryl methyl sites for hydroxylation is 1. The van der Waals surface area contributed by atoms with Crippen LogP contribution >= 0.6 is 0 Å². The molecule has 140 valence electrons. The normalized spacial score (nSPS) is 22.3. The highest BCUT2D eigenvalue weighted by atomic mass is 16.6. The first-order valence-corrected chi connectivity index (χ1v) is 9.39. The number of hydrogen-bond acceptors (Lipinski definition) is 4. The third-order valence-corrected chi connectivity index (χ3v) is 5.86. The van der Waals surface area contributed by atoms with Gasteiger partial charge < -0.3 is 9.84 Å². The monoisotopic (exact) mass is 358 g/mol. The Bertz CT molecular complexity index is 769. The fourth-order valence-electron chi connectivity index (χ4n) is 4.42. The van der Waals surface area contributed by atoms with E-state index in [2.05, 4.69) is 0 Å². The van der Waals surface area contributed by atoms with E-state index in [1.165, 1.54) is 0 Å². The Morgan fingerprint density at radius 2 is 1.92 bits per heavy atom. The zero-order valence-corrected chi connectivity index (χ0v) is 15.7. The number of aliphatic carboxylic acids is 1. The summed E-state index contributed by atoms with van der Waals surface area (Å²) in [5.41, 5.74) is 1.05. The van der Waals surface area contributed by atoms with Crippen molar-refractivity contribution in [1.82, 2.24) is 4.98 Å². The van der Waals surface area contributed by atoms with Crippen molar-refractivity contribution in [3.05, 3.63) is 23.5 Å². The number of carbonyl (C=O) groups is 2. The third kappa shape index (κ3) is 2.75. The van der Waals surface area contributed by atoms with Crippen LogP contribution in [0.2, 0.25) is 0 Å². The lowest BCUT2D eigenvalue weighted by atomic mass is 9.57. The molecule has 2 heterocycles. The Kier molecular flexibility index (Phi) is 3.62. The molecule has 1 N–H and O–H groups in total. The van der Waals surface area contributed by atoms with Gasteiger partial charge in [0.25, 0.3) is 0 Å². The number of carbonyl (C=O) groups excluding carboxylic acids is 1. The van der Waals surface area contributed by atoms with Gasteiger partial charge in [-0.1, -0.05) is 0 Å². The number of ether oxygens (including phenoxy) is 1. The van der Waals surface area contributed by atoms with Gasteiger partial charge in [-0.25, -0.2) is 4.79 Å². The molecule has 1 spiro atoms. The Hall–Kier alpha value is -2.11. The lowest BCUT2D eigenvalue weighted by molar-refractivity contribution is -0.151. The summed E-state index contributed by atoms with van der Waals surface area (Å²) < 4.78 is 5.50. The number of nitrogens with zero attached hydrogens (tertiary/aromatic N) is 2. The highest BCUT2D eigenvalue weighted by Crippen LogP contribution is 2.68. The zero-order valence-electron chi connectivity index (χ0n) is 15.7. The van der Waals surface area contributed by atoms with Crippen LogP contribution in [0.3, 0.4) is 0 Å². The first-order chi connectivity index (χ1) is 12.1. The van der Waals surface area contributed by atoms with Crippen LogP contribution in [0.4, 0.5) is 10.5 Å². The second-order valence-corrected chi connectivity index (χ2v) is 9.14. The summed E-state index contributed by atoms with van der Waals surface area (Å²) in [5.74, 6) is -0.776. The summed E-state index contributed by atoms with van der Waals surface area (Å²) in [5, 5.41) is 9.84. The number of amides is 1. The summed E-state index contributed by atoms with van der Waals surface area (Å²) in [6.07, 6.45) is 4.84. The molecular formula is C20H26N2O4. The summed E-state index contributed by atoms with van der Waals surface area (Å²) >= 11 is 0. The molecule has 2 saturated carbocycles. The molecule has 0 atom stereocenters. The van der Waals surface area contributed by atoms with Gasteiger partial charge in [-0.05, 0) is 76.8 Å². The van der Waals surface area contributed by atoms with Gasteiger partial charge in [0.05, 0.1) is 17.1 Å². The van der Waals surface area contributed by atoms with E-state index in [1.54, 1.807) is 11.0 Å². The van der Waals surface area contributed by atoms with Crippen molar-refractivity contribution in [2.45, 2.75) is 70.3 Å². The number of anilines is 1. The van der Waals surface area contributed by atoms with Crippen molar-refractivity contribution in [1.29, 1.82) is 0 Å². The molecule has 2 aliphatic carbocycles. The molecule has 4 rings (SSSR count). The summed E-state index contributed by atoms with van der Waals surface area (Å²) in [6.45, 7) is 6.13. The summed E-state index contributed by atoms with van der Waals surface area (Å²) in [4.78, 5) is 30.8. The minimum atomic E-state index is -0.847. The molecule has 6 nitrogen and oxygen atoms in total. The molecule has 0 saturated heterocycles. The van der Waals surface area contributed by atoms with Crippen molar-refractivity contribution in [3.63, 3.8) is 0 Å². The number of fused-ring (bicyclic) bond motifs is 1. The molecule has 1 aromatic heterocycles. The SMILES string of the molecule is CC(C)(C)OC(=O)N1CCCc2nc(C3(C(=O)O)CC4(CC4)C3)ccc21. The Morgan fingerprint density at radius 3 is 2.50 bits per heavy atom. The number of carboxylic acids is 1. The van der Waals surface area contributed by atoms with E-state index in [0.717, 1.165) is 37.1 Å². The summed E-state index contributed by atoms with van der Waals surface area (Å²) in [7, 11) is 0. The van der Waals surface area contributed by atoms with Gasteiger partial charge >= 0.3 is 12.1 Å². The van der Waals surface area contributed by atoms with Crippen LogP contribution in [0, 0.1) is 5.41 Å². The number of rotatable bonds is 2. The predicted molar refractivity (Wildman–Crippen MR) is 96.4 cm³/mol. The van der Waals surface area contributed by atoms with E-state index in [4.69, 9.17) is 9.72 Å². The van der Waals surface area contributed by atoms with Gasteiger partial charge in [0.2, 0.25) is 0 Å². The van der Waals surface area contributed by atoms with Gasteiger partial charge in [0.1, 0.15) is 11.0 Å². The minimum Gasteiger partial charge on any atom is -0.481 e. The fraction of sp³-hybridized carbons (Fsp3) is 0.650. The molecule has 1 amide bonds. The number of hydrogen-bond donors (Lipinski definition) is 1. The molecule has 0 radical (unpaired) electrons. The van der Waals surface area contributed by atoms with E-state index in [0.29, 0.717) is 25.1 Å². The largest absolute Gasteiger partial charge is 0.481 e. The van der Waals surface area contributed by atoms with Gasteiger partial charge in [0, 0.05) is 6.54 Å². The minimum absolute atomic E-state index is 0.262. The van der Waals surface area contributed by atoms with Gasteiger partial charge in [-0.15, -0.1) is 0 Å². The van der Waals surface area contributed by atoms with Crippen LogP contribution in [-0.2, 0) is 21.4 Å². The van der Waals surface area contributed by atoms with Crippen LogP contribution in [0.25, 0.3) is 0 Å². The number of pyridine rings is 1. The smallest absolute Gasteiger partial charge is 0.414 e. The molecule has 0 bridgehead atoms. The molecule has 0 unspecified atom stereocenters. The Balaban J connectivity index is 1.62. The fourth-order valence-corrected chi connectivity index (χ4v) is 4.42. The molecule has 1 aliphatic heterocycles. The standard InChI is InChI=1S/C20H26N2O4/c1-18(2,3)26-17(25)22-10-4-5-13-14(22)6-7-15(21-13)20(16(23)24)11-19(12-20)8-9-19/h6-7H,4-5,8-12H2,1-3H3,(H,23,24). The maximum Gasteiger partial charge on any atom is 0.414 e. The molecular weight excluding hydrogens is 332 g/mol. The highest BCUT2D eigenvalue weighted by molar-refractivity contribution is 5.89.